The van der Waals surface area contributed by atoms with Crippen LogP contribution >= 0.6 is 0 Å². The summed E-state index contributed by atoms with van der Waals surface area (Å²) in [7, 11) is 4.95. The fraction of sp³-hybridized carbons (Fsp3) is 0.480. The van der Waals surface area contributed by atoms with Crippen LogP contribution < -0.4 is 19.5 Å². The fourth-order valence-electron chi connectivity index (χ4n) is 4.92. The number of fused-ring (bicyclic) bond motifs is 1. The van der Waals surface area contributed by atoms with Gasteiger partial charge in [0.25, 0.3) is 5.91 Å². The molecular weight excluding hydrogens is 392 g/mol. The number of benzene rings is 2. The van der Waals surface area contributed by atoms with Crippen molar-refractivity contribution in [2.24, 2.45) is 0 Å². The molecule has 166 valence electrons. The van der Waals surface area contributed by atoms with Crippen molar-refractivity contribution in [1.29, 1.82) is 0 Å². The van der Waals surface area contributed by atoms with Gasteiger partial charge in [-0.05, 0) is 68.0 Å². The maximum Gasteiger partial charge on any atom is 0.252 e. The van der Waals surface area contributed by atoms with Crippen LogP contribution in [0.3, 0.4) is 0 Å². The van der Waals surface area contributed by atoms with E-state index in [1.54, 1.807) is 21.3 Å². The van der Waals surface area contributed by atoms with Gasteiger partial charge in [-0.15, -0.1) is 0 Å². The van der Waals surface area contributed by atoms with Crippen molar-refractivity contribution in [2.75, 3.05) is 34.4 Å². The molecule has 0 bridgehead atoms. The van der Waals surface area contributed by atoms with Crippen molar-refractivity contribution in [2.45, 2.75) is 44.2 Å². The van der Waals surface area contributed by atoms with Gasteiger partial charge in [-0.3, -0.25) is 9.69 Å². The highest BCUT2D eigenvalue weighted by Crippen LogP contribution is 2.34. The normalized spacial score (nSPS) is 21.9. The smallest absolute Gasteiger partial charge is 0.252 e. The minimum atomic E-state index is -0.171. The highest BCUT2D eigenvalue weighted by Gasteiger charge is 2.42. The molecule has 1 spiro atoms. The Kier molecular flexibility index (Phi) is 6.10. The van der Waals surface area contributed by atoms with Gasteiger partial charge in [0.1, 0.15) is 5.75 Å². The lowest BCUT2D eigenvalue weighted by atomic mass is 9.91. The SMILES string of the molecule is COc1ccc2c(c1)C(=O)NC1(CC2)CCN(C(C)Cc2ccc(OC)c(OC)c2)C1. The maximum absolute atomic E-state index is 13.0. The average molecular weight is 425 g/mol. The van der Waals surface area contributed by atoms with Crippen LogP contribution in [0.2, 0.25) is 0 Å². The van der Waals surface area contributed by atoms with Gasteiger partial charge in [0.05, 0.1) is 26.9 Å². The molecule has 1 fully saturated rings. The maximum atomic E-state index is 13.0. The van der Waals surface area contributed by atoms with Gasteiger partial charge in [0, 0.05) is 24.7 Å². The molecule has 0 aromatic heterocycles. The molecule has 31 heavy (non-hydrogen) atoms. The van der Waals surface area contributed by atoms with Crippen molar-refractivity contribution < 1.29 is 19.0 Å². The Morgan fingerprint density at radius 1 is 1.03 bits per heavy atom. The minimum Gasteiger partial charge on any atom is -0.497 e. The van der Waals surface area contributed by atoms with E-state index < -0.39 is 0 Å². The number of rotatable bonds is 6. The second-order valence-electron chi connectivity index (χ2n) is 8.72. The highest BCUT2D eigenvalue weighted by molar-refractivity contribution is 5.97. The van der Waals surface area contributed by atoms with Gasteiger partial charge in [0.2, 0.25) is 0 Å². The van der Waals surface area contributed by atoms with Crippen LogP contribution in [0.25, 0.3) is 0 Å². The summed E-state index contributed by atoms with van der Waals surface area (Å²) < 4.78 is 16.1. The van der Waals surface area contributed by atoms with Crippen molar-refractivity contribution in [3.05, 3.63) is 53.1 Å². The van der Waals surface area contributed by atoms with E-state index in [4.69, 9.17) is 14.2 Å². The van der Waals surface area contributed by atoms with Gasteiger partial charge < -0.3 is 19.5 Å². The molecule has 2 unspecified atom stereocenters. The zero-order chi connectivity index (χ0) is 22.0. The van der Waals surface area contributed by atoms with E-state index in [1.807, 2.05) is 24.3 Å². The van der Waals surface area contributed by atoms with Gasteiger partial charge >= 0.3 is 0 Å². The Hall–Kier alpha value is -2.73. The minimum absolute atomic E-state index is 0.0146. The number of hydrogen-bond donors (Lipinski definition) is 1. The molecule has 1 amide bonds. The summed E-state index contributed by atoms with van der Waals surface area (Å²) >= 11 is 0. The molecule has 6 heteroatoms. The molecule has 2 aromatic carbocycles. The summed E-state index contributed by atoms with van der Waals surface area (Å²) in [5, 5.41) is 3.37. The second kappa shape index (κ2) is 8.79. The quantitative estimate of drug-likeness (QED) is 0.770. The summed E-state index contributed by atoms with van der Waals surface area (Å²) in [6.07, 6.45) is 3.75. The zero-order valence-electron chi connectivity index (χ0n) is 18.9. The summed E-state index contributed by atoms with van der Waals surface area (Å²) in [4.78, 5) is 15.5. The van der Waals surface area contributed by atoms with E-state index in [0.29, 0.717) is 6.04 Å². The molecule has 2 aliphatic rings. The topological polar surface area (TPSA) is 60.0 Å². The standard InChI is InChI=1S/C25H32N2O4/c1-17(13-18-5-8-22(30-3)23(14-18)31-4)27-12-11-25(16-27)10-9-19-6-7-20(29-2)15-21(19)24(28)26-25/h5-8,14-15,17H,9-13,16H2,1-4H3,(H,26,28). The van der Waals surface area contributed by atoms with Gasteiger partial charge in [-0.25, -0.2) is 0 Å². The third-order valence-corrected chi connectivity index (χ3v) is 6.80. The van der Waals surface area contributed by atoms with Crippen LogP contribution in [-0.2, 0) is 12.8 Å². The van der Waals surface area contributed by atoms with E-state index in [-0.39, 0.29) is 11.4 Å². The van der Waals surface area contributed by atoms with E-state index in [2.05, 4.69) is 29.3 Å². The predicted molar refractivity (Wildman–Crippen MR) is 120 cm³/mol. The van der Waals surface area contributed by atoms with Gasteiger partial charge in [0.15, 0.2) is 11.5 Å². The van der Waals surface area contributed by atoms with E-state index >= 15 is 0 Å². The number of hydrogen-bond acceptors (Lipinski definition) is 5. The van der Waals surface area contributed by atoms with E-state index in [1.165, 1.54) is 5.56 Å². The number of carbonyl (C=O) groups is 1. The summed E-state index contributed by atoms with van der Waals surface area (Å²) in [6, 6.07) is 12.3. The molecule has 0 aliphatic carbocycles. The van der Waals surface area contributed by atoms with Gasteiger partial charge in [-0.2, -0.15) is 0 Å². The monoisotopic (exact) mass is 424 g/mol. The Labute approximate surface area is 184 Å². The lowest BCUT2D eigenvalue weighted by Gasteiger charge is -2.31. The third kappa shape index (κ3) is 4.35. The Morgan fingerprint density at radius 3 is 2.58 bits per heavy atom. The van der Waals surface area contributed by atoms with Crippen molar-refractivity contribution in [1.82, 2.24) is 10.2 Å². The fourth-order valence-corrected chi connectivity index (χ4v) is 4.92. The number of methoxy groups -OCH3 is 3. The molecule has 2 heterocycles. The lowest BCUT2D eigenvalue weighted by molar-refractivity contribution is 0.0898. The predicted octanol–water partition coefficient (Wildman–Crippen LogP) is 3.46. The first kappa shape index (κ1) is 21.5. The van der Waals surface area contributed by atoms with Crippen LogP contribution in [0.5, 0.6) is 17.2 Å². The number of nitrogens with zero attached hydrogens (tertiary/aromatic N) is 1. The number of nitrogens with one attached hydrogen (secondary N) is 1. The molecule has 0 saturated carbocycles. The molecule has 2 aliphatic heterocycles. The second-order valence-corrected chi connectivity index (χ2v) is 8.72. The largest absolute Gasteiger partial charge is 0.497 e. The van der Waals surface area contributed by atoms with E-state index in [9.17, 15) is 4.79 Å². The Bertz CT molecular complexity index is 961. The first-order chi connectivity index (χ1) is 15.0. The van der Waals surface area contributed by atoms with Crippen molar-refractivity contribution in [3.8, 4) is 17.2 Å². The number of carbonyl (C=O) groups excluding carboxylic acids is 1. The Balaban J connectivity index is 1.44. The molecule has 6 nitrogen and oxygen atoms in total. The van der Waals surface area contributed by atoms with Gasteiger partial charge in [-0.1, -0.05) is 12.1 Å². The van der Waals surface area contributed by atoms with Crippen LogP contribution in [0, 0.1) is 0 Å². The van der Waals surface area contributed by atoms with E-state index in [0.717, 1.165) is 67.1 Å². The molecule has 2 aromatic rings. The van der Waals surface area contributed by atoms with Crippen LogP contribution in [0.15, 0.2) is 36.4 Å². The summed E-state index contributed by atoms with van der Waals surface area (Å²) in [5.41, 5.74) is 2.89. The van der Waals surface area contributed by atoms with Crippen molar-refractivity contribution >= 4 is 5.91 Å². The third-order valence-electron chi connectivity index (χ3n) is 6.80. The average Bonchev–Trinajstić information content (AvgIpc) is 3.15. The molecule has 2 atom stereocenters. The lowest BCUT2D eigenvalue weighted by Crippen LogP contribution is -2.50. The first-order valence-electron chi connectivity index (χ1n) is 10.9. The number of amides is 1. The summed E-state index contributed by atoms with van der Waals surface area (Å²) in [5.74, 6) is 2.24. The van der Waals surface area contributed by atoms with Crippen molar-refractivity contribution in [3.63, 3.8) is 0 Å². The molecule has 0 radical (unpaired) electrons. The number of likely N-dealkylation sites (tertiary alicyclic amines) is 1. The van der Waals surface area contributed by atoms with Crippen LogP contribution in [-0.4, -0.2) is 56.8 Å². The van der Waals surface area contributed by atoms with Crippen LogP contribution in [0.4, 0.5) is 0 Å². The molecular formula is C25H32N2O4. The zero-order valence-corrected chi connectivity index (χ0v) is 18.9. The Morgan fingerprint density at radius 2 is 1.84 bits per heavy atom. The molecule has 4 rings (SSSR count). The summed E-state index contributed by atoms with van der Waals surface area (Å²) in [6.45, 7) is 4.11. The van der Waals surface area contributed by atoms with Crippen LogP contribution in [0.1, 0.15) is 41.3 Å². The first-order valence-corrected chi connectivity index (χ1v) is 10.9. The number of aryl methyl sites for hydroxylation is 1. The number of ether oxygens (including phenoxy) is 3. The molecule has 1 saturated heterocycles. The highest BCUT2D eigenvalue weighted by atomic mass is 16.5. The molecule has 1 N–H and O–H groups in total.